The first kappa shape index (κ1) is 33.0. The highest BCUT2D eigenvalue weighted by atomic mass is 16.3. The van der Waals surface area contributed by atoms with Crippen molar-refractivity contribution in [2.45, 2.75) is 38.1 Å². The Morgan fingerprint density at radius 1 is 0.894 bits per heavy atom. The van der Waals surface area contributed by atoms with E-state index in [1.807, 2.05) is 36.4 Å². The second-order valence-corrected chi connectivity index (χ2v) is 11.5. The van der Waals surface area contributed by atoms with Crippen molar-refractivity contribution < 1.29 is 24.3 Å². The quantitative estimate of drug-likeness (QED) is 0.207. The second-order valence-electron chi connectivity index (χ2n) is 11.5. The van der Waals surface area contributed by atoms with Gasteiger partial charge in [-0.1, -0.05) is 66.7 Å². The van der Waals surface area contributed by atoms with E-state index in [1.165, 1.54) is 22.0 Å². The van der Waals surface area contributed by atoms with Crippen LogP contribution < -0.4 is 10.6 Å². The summed E-state index contributed by atoms with van der Waals surface area (Å²) in [5, 5.41) is 18.9. The average Bonchev–Trinajstić information content (AvgIpc) is 3.07. The zero-order valence-corrected chi connectivity index (χ0v) is 26.3. The lowest BCUT2D eigenvalue weighted by atomic mass is 9.98. The van der Waals surface area contributed by atoms with Crippen LogP contribution in [0.1, 0.15) is 33.5 Å². The molecule has 0 radical (unpaired) electrons. The molecule has 2 atom stereocenters. The molecule has 0 aliphatic carbocycles. The number of piperazine rings is 1. The number of amides is 5. The minimum Gasteiger partial charge on any atom is -0.508 e. The van der Waals surface area contributed by atoms with Gasteiger partial charge in [-0.2, -0.15) is 0 Å². The fourth-order valence-electron chi connectivity index (χ4n) is 5.97. The maximum atomic E-state index is 14.2. The van der Waals surface area contributed by atoms with E-state index in [0.717, 1.165) is 16.7 Å². The fraction of sp³-hybridized carbons (Fsp3) is 0.278. The third kappa shape index (κ3) is 7.87. The number of nitrogens with zero attached hydrogens (tertiary/aromatic N) is 4. The number of hydrazine groups is 1. The minimum absolute atomic E-state index is 0.0544. The summed E-state index contributed by atoms with van der Waals surface area (Å²) >= 11 is 0. The number of carbonyl (C=O) groups is 4. The van der Waals surface area contributed by atoms with Crippen LogP contribution in [-0.4, -0.2) is 87.1 Å². The molecule has 5 rings (SSSR count). The number of fused-ring (bicyclic) bond motifs is 1. The molecule has 1 unspecified atom stereocenters. The maximum absolute atomic E-state index is 14.2. The minimum atomic E-state index is -0.911. The molecule has 2 fully saturated rings. The Bertz CT molecular complexity index is 1610. The predicted molar refractivity (Wildman–Crippen MR) is 178 cm³/mol. The van der Waals surface area contributed by atoms with Crippen molar-refractivity contribution in [1.82, 2.24) is 30.5 Å². The molecule has 2 saturated heterocycles. The zero-order chi connectivity index (χ0) is 33.3. The normalized spacial score (nSPS) is 18.0. The Morgan fingerprint density at radius 3 is 2.36 bits per heavy atom. The summed E-state index contributed by atoms with van der Waals surface area (Å²) in [5.74, 6) is -0.689. The molecule has 5 amide bonds. The van der Waals surface area contributed by atoms with Crippen molar-refractivity contribution in [3.8, 4) is 5.75 Å². The van der Waals surface area contributed by atoms with Crippen molar-refractivity contribution in [3.05, 3.63) is 126 Å². The number of hydrogen-bond donors (Lipinski definition) is 3. The summed E-state index contributed by atoms with van der Waals surface area (Å²) in [7, 11) is 0. The van der Waals surface area contributed by atoms with E-state index >= 15 is 0 Å². The Balaban J connectivity index is 1.47. The molecule has 11 heteroatoms. The monoisotopic (exact) mass is 636 g/mol. The number of hydrogen-bond acceptors (Lipinski definition) is 6. The lowest BCUT2D eigenvalue weighted by Crippen LogP contribution is -2.76. The molecule has 0 aromatic heterocycles. The van der Waals surface area contributed by atoms with Crippen LogP contribution in [0.4, 0.5) is 4.79 Å². The van der Waals surface area contributed by atoms with E-state index in [9.17, 15) is 24.3 Å². The van der Waals surface area contributed by atoms with Crippen LogP contribution >= 0.6 is 0 Å². The molecule has 3 N–H and O–H groups in total. The molecule has 0 saturated carbocycles. The average molecular weight is 637 g/mol. The fourth-order valence-corrected chi connectivity index (χ4v) is 5.97. The van der Waals surface area contributed by atoms with Gasteiger partial charge in [0.15, 0.2) is 0 Å². The first-order valence-corrected chi connectivity index (χ1v) is 15.6. The van der Waals surface area contributed by atoms with Gasteiger partial charge in [0, 0.05) is 38.2 Å². The number of rotatable bonds is 12. The Morgan fingerprint density at radius 2 is 1.64 bits per heavy atom. The summed E-state index contributed by atoms with van der Waals surface area (Å²) in [6, 6.07) is 21.8. The third-order valence-corrected chi connectivity index (χ3v) is 8.23. The molecule has 3 aromatic carbocycles. The van der Waals surface area contributed by atoms with Gasteiger partial charge < -0.3 is 25.5 Å². The molecule has 2 aliphatic heterocycles. The number of phenols is 1. The lowest BCUT2D eigenvalue weighted by Gasteiger charge is -2.55. The second kappa shape index (κ2) is 15.2. The zero-order valence-electron chi connectivity index (χ0n) is 26.3. The van der Waals surface area contributed by atoms with Gasteiger partial charge in [-0.25, -0.2) is 14.8 Å². The van der Waals surface area contributed by atoms with E-state index in [4.69, 9.17) is 0 Å². The highest BCUT2D eigenvalue weighted by Crippen LogP contribution is 2.30. The van der Waals surface area contributed by atoms with E-state index in [0.29, 0.717) is 18.5 Å². The van der Waals surface area contributed by atoms with Crippen LogP contribution in [0.5, 0.6) is 5.75 Å². The van der Waals surface area contributed by atoms with Crippen LogP contribution in [0.2, 0.25) is 0 Å². The van der Waals surface area contributed by atoms with Crippen molar-refractivity contribution in [1.29, 1.82) is 0 Å². The Kier molecular flexibility index (Phi) is 10.7. The summed E-state index contributed by atoms with van der Waals surface area (Å²) in [6.45, 7) is 8.61. The Hall–Kier alpha value is -5.42. The Labute approximate surface area is 274 Å². The van der Waals surface area contributed by atoms with Gasteiger partial charge in [0.2, 0.25) is 11.8 Å². The molecule has 0 spiro atoms. The van der Waals surface area contributed by atoms with Crippen molar-refractivity contribution in [2.24, 2.45) is 0 Å². The standard InChI is InChI=1S/C36H40N6O5/c1-3-5-18-37-34(45)29-13-9-12-28(20-29)23-39-24-32-41(31(35(39)46)21-26-14-16-30(43)17-15-26)33(44)25-40(19-4-2)42(32)36(47)38-22-27-10-7-6-8-11-27/h3-4,6-17,20,31-32,43H,1-2,5,18-19,21-25H2,(H,37,45)(H,38,47)/t31-,32?/m0/s1. The lowest BCUT2D eigenvalue weighted by molar-refractivity contribution is -0.189. The van der Waals surface area contributed by atoms with Gasteiger partial charge in [-0.3, -0.25) is 14.4 Å². The molecule has 2 aliphatic rings. The number of nitrogens with one attached hydrogen (secondary N) is 2. The molecule has 244 valence electrons. The molecular formula is C36H40N6O5. The van der Waals surface area contributed by atoms with Gasteiger partial charge in [0.25, 0.3) is 5.91 Å². The first-order chi connectivity index (χ1) is 22.8. The highest BCUT2D eigenvalue weighted by molar-refractivity contribution is 5.94. The number of phenolic OH excluding ortho intramolecular Hbond substituents is 1. The van der Waals surface area contributed by atoms with Gasteiger partial charge in [-0.05, 0) is 47.4 Å². The van der Waals surface area contributed by atoms with Crippen molar-refractivity contribution in [2.75, 3.05) is 26.2 Å². The highest BCUT2D eigenvalue weighted by Gasteiger charge is 2.51. The first-order valence-electron chi connectivity index (χ1n) is 15.6. The smallest absolute Gasteiger partial charge is 0.334 e. The van der Waals surface area contributed by atoms with E-state index < -0.39 is 18.2 Å². The molecule has 0 bridgehead atoms. The molecule has 11 nitrogen and oxygen atoms in total. The van der Waals surface area contributed by atoms with E-state index in [-0.39, 0.29) is 62.6 Å². The molecule has 3 aromatic rings. The van der Waals surface area contributed by atoms with Gasteiger partial charge in [0.05, 0.1) is 13.1 Å². The van der Waals surface area contributed by atoms with E-state index in [2.05, 4.69) is 23.8 Å². The van der Waals surface area contributed by atoms with Crippen LogP contribution in [0.15, 0.2) is 104 Å². The van der Waals surface area contributed by atoms with Crippen LogP contribution in [0.25, 0.3) is 0 Å². The number of aromatic hydroxyl groups is 1. The summed E-state index contributed by atoms with van der Waals surface area (Å²) in [6.07, 6.45) is 3.38. The van der Waals surface area contributed by atoms with Crippen LogP contribution in [0, 0.1) is 0 Å². The van der Waals surface area contributed by atoms with Gasteiger partial charge in [0.1, 0.15) is 18.0 Å². The number of urea groups is 1. The number of carbonyl (C=O) groups excluding carboxylic acids is 4. The largest absolute Gasteiger partial charge is 0.508 e. The number of benzene rings is 3. The van der Waals surface area contributed by atoms with Crippen LogP contribution in [0.3, 0.4) is 0 Å². The van der Waals surface area contributed by atoms with Crippen molar-refractivity contribution >= 4 is 23.8 Å². The van der Waals surface area contributed by atoms with E-state index in [1.54, 1.807) is 52.4 Å². The predicted octanol–water partition coefficient (Wildman–Crippen LogP) is 3.43. The summed E-state index contributed by atoms with van der Waals surface area (Å²) in [4.78, 5) is 57.9. The summed E-state index contributed by atoms with van der Waals surface area (Å²) in [5.41, 5.74) is 2.86. The third-order valence-electron chi connectivity index (χ3n) is 8.23. The van der Waals surface area contributed by atoms with Gasteiger partial charge >= 0.3 is 6.03 Å². The topological polar surface area (TPSA) is 126 Å². The maximum Gasteiger partial charge on any atom is 0.334 e. The van der Waals surface area contributed by atoms with Gasteiger partial charge in [-0.15, -0.1) is 13.2 Å². The SMILES string of the molecule is C=CCCNC(=O)c1cccc(CN2CC3N(C(=O)CN(CC=C)N3C(=O)NCc3ccccc3)[C@@H](Cc3ccc(O)cc3)C2=O)c1. The molecular weight excluding hydrogens is 596 g/mol. The van der Waals surface area contributed by atoms with Crippen LogP contribution in [-0.2, 0) is 29.1 Å². The molecule has 2 heterocycles. The van der Waals surface area contributed by atoms with Crippen molar-refractivity contribution in [3.63, 3.8) is 0 Å². The molecule has 47 heavy (non-hydrogen) atoms. The summed E-state index contributed by atoms with van der Waals surface area (Å²) < 4.78 is 0.